The zero-order valence-electron chi connectivity index (χ0n) is 8.91. The van der Waals surface area contributed by atoms with Crippen LogP contribution in [0.15, 0.2) is 0 Å². The van der Waals surface area contributed by atoms with Crippen molar-refractivity contribution in [2.45, 2.75) is 46.0 Å². The van der Waals surface area contributed by atoms with Crippen molar-refractivity contribution in [3.63, 3.8) is 0 Å². The first kappa shape index (κ1) is 11.3. The molecule has 1 aromatic rings. The highest BCUT2D eigenvalue weighted by atomic mass is 32.1. The third kappa shape index (κ3) is 2.61. The molecule has 0 saturated heterocycles. The van der Waals surface area contributed by atoms with Gasteiger partial charge in [-0.3, -0.25) is 4.79 Å². The van der Waals surface area contributed by atoms with Crippen molar-refractivity contribution < 1.29 is 4.79 Å². The minimum Gasteiger partial charge on any atom is -0.293 e. The van der Waals surface area contributed by atoms with Gasteiger partial charge in [-0.05, 0) is 23.9 Å². The van der Waals surface area contributed by atoms with Gasteiger partial charge >= 0.3 is 0 Å². The van der Waals surface area contributed by atoms with Gasteiger partial charge in [0.1, 0.15) is 4.88 Å². The lowest BCUT2D eigenvalue weighted by Crippen LogP contribution is -2.02. The van der Waals surface area contributed by atoms with E-state index in [0.717, 1.165) is 23.4 Å². The standard InChI is InChI=1S/C10H16N2OS/c1-4-5-6-8(13)10-9(7(2)3)11-12-14-10/h7H,4-6H2,1-3H3. The summed E-state index contributed by atoms with van der Waals surface area (Å²) < 4.78 is 3.84. The normalized spacial score (nSPS) is 10.9. The van der Waals surface area contributed by atoms with Crippen LogP contribution in [-0.2, 0) is 0 Å². The molecular formula is C10H16N2OS. The van der Waals surface area contributed by atoms with Crippen molar-refractivity contribution in [1.82, 2.24) is 9.59 Å². The predicted molar refractivity (Wildman–Crippen MR) is 57.9 cm³/mol. The van der Waals surface area contributed by atoms with Crippen molar-refractivity contribution >= 4 is 17.3 Å². The molecular weight excluding hydrogens is 196 g/mol. The van der Waals surface area contributed by atoms with E-state index in [1.54, 1.807) is 0 Å². The Morgan fingerprint density at radius 3 is 2.79 bits per heavy atom. The zero-order chi connectivity index (χ0) is 10.6. The summed E-state index contributed by atoms with van der Waals surface area (Å²) in [7, 11) is 0. The average molecular weight is 212 g/mol. The maximum atomic E-state index is 11.7. The monoisotopic (exact) mass is 212 g/mol. The van der Waals surface area contributed by atoms with Crippen LogP contribution in [0.4, 0.5) is 0 Å². The molecule has 1 rings (SSSR count). The van der Waals surface area contributed by atoms with Gasteiger partial charge in [-0.1, -0.05) is 31.7 Å². The van der Waals surface area contributed by atoms with Crippen LogP contribution in [0.25, 0.3) is 0 Å². The summed E-state index contributed by atoms with van der Waals surface area (Å²) in [5, 5.41) is 3.99. The van der Waals surface area contributed by atoms with Crippen LogP contribution in [-0.4, -0.2) is 15.4 Å². The number of Topliss-reactive ketones (excluding diaryl/α,β-unsaturated/α-hetero) is 1. The van der Waals surface area contributed by atoms with Gasteiger partial charge in [0.15, 0.2) is 5.78 Å². The zero-order valence-corrected chi connectivity index (χ0v) is 9.73. The highest BCUT2D eigenvalue weighted by molar-refractivity contribution is 7.08. The lowest BCUT2D eigenvalue weighted by Gasteiger charge is -2.02. The SMILES string of the molecule is CCCCC(=O)c1snnc1C(C)C. The van der Waals surface area contributed by atoms with Gasteiger partial charge in [-0.2, -0.15) is 0 Å². The molecule has 0 aliphatic carbocycles. The first-order valence-electron chi connectivity index (χ1n) is 5.02. The Morgan fingerprint density at radius 1 is 1.50 bits per heavy atom. The molecule has 78 valence electrons. The molecule has 1 heterocycles. The van der Waals surface area contributed by atoms with Crippen molar-refractivity contribution in [3.05, 3.63) is 10.6 Å². The Kier molecular flexibility index (Phi) is 4.20. The largest absolute Gasteiger partial charge is 0.293 e. The van der Waals surface area contributed by atoms with Gasteiger partial charge in [0, 0.05) is 6.42 Å². The third-order valence-corrected chi connectivity index (χ3v) is 2.85. The fourth-order valence-corrected chi connectivity index (χ4v) is 2.00. The number of hydrogen-bond acceptors (Lipinski definition) is 4. The third-order valence-electron chi connectivity index (χ3n) is 2.07. The molecule has 1 aromatic heterocycles. The van der Waals surface area contributed by atoms with E-state index >= 15 is 0 Å². The Labute approximate surface area is 88.7 Å². The Bertz CT molecular complexity index is 307. The lowest BCUT2D eigenvalue weighted by molar-refractivity contribution is 0.0982. The summed E-state index contributed by atoms with van der Waals surface area (Å²) in [5.74, 6) is 0.486. The van der Waals surface area contributed by atoms with Crippen LogP contribution in [0, 0.1) is 0 Å². The second kappa shape index (κ2) is 5.20. The molecule has 0 fully saturated rings. The molecule has 0 bridgehead atoms. The predicted octanol–water partition coefficient (Wildman–Crippen LogP) is 3.03. The number of rotatable bonds is 5. The summed E-state index contributed by atoms with van der Waals surface area (Å²) >= 11 is 1.23. The van der Waals surface area contributed by atoms with Crippen LogP contribution in [0.2, 0.25) is 0 Å². The van der Waals surface area contributed by atoms with Gasteiger partial charge in [0.2, 0.25) is 0 Å². The molecule has 0 aliphatic rings. The number of aromatic nitrogens is 2. The fourth-order valence-electron chi connectivity index (χ4n) is 1.22. The summed E-state index contributed by atoms with van der Waals surface area (Å²) in [6.07, 6.45) is 2.63. The van der Waals surface area contributed by atoms with Gasteiger partial charge < -0.3 is 0 Å². The highest BCUT2D eigenvalue weighted by Crippen LogP contribution is 2.21. The molecule has 0 radical (unpaired) electrons. The van der Waals surface area contributed by atoms with Crippen molar-refractivity contribution in [1.29, 1.82) is 0 Å². The molecule has 3 nitrogen and oxygen atoms in total. The first-order valence-corrected chi connectivity index (χ1v) is 5.79. The highest BCUT2D eigenvalue weighted by Gasteiger charge is 2.17. The van der Waals surface area contributed by atoms with Gasteiger partial charge in [-0.15, -0.1) is 5.10 Å². The smallest absolute Gasteiger partial charge is 0.176 e. The summed E-state index contributed by atoms with van der Waals surface area (Å²) in [4.78, 5) is 12.5. The minimum absolute atomic E-state index is 0.200. The Hall–Kier alpha value is -0.770. The summed E-state index contributed by atoms with van der Waals surface area (Å²) in [5.41, 5.74) is 0.858. The van der Waals surface area contributed by atoms with Crippen molar-refractivity contribution in [2.24, 2.45) is 0 Å². The molecule has 0 saturated carbocycles. The maximum Gasteiger partial charge on any atom is 0.176 e. The van der Waals surface area contributed by atoms with E-state index < -0.39 is 0 Å². The number of ketones is 1. The van der Waals surface area contributed by atoms with Crippen LogP contribution < -0.4 is 0 Å². The molecule has 4 heteroatoms. The summed E-state index contributed by atoms with van der Waals surface area (Å²) in [6, 6.07) is 0. The first-order chi connectivity index (χ1) is 6.66. The molecule has 0 amide bonds. The number of unbranched alkanes of at least 4 members (excludes halogenated alkanes) is 1. The van der Waals surface area contributed by atoms with Crippen LogP contribution in [0.1, 0.15) is 61.3 Å². The van der Waals surface area contributed by atoms with Crippen molar-refractivity contribution in [2.75, 3.05) is 0 Å². The second-order valence-electron chi connectivity index (χ2n) is 3.67. The lowest BCUT2D eigenvalue weighted by atomic mass is 10.1. The molecule has 0 aliphatic heterocycles. The Balaban J connectivity index is 2.74. The molecule has 0 spiro atoms. The van der Waals surface area contributed by atoms with Crippen LogP contribution in [0.5, 0.6) is 0 Å². The van der Waals surface area contributed by atoms with Crippen molar-refractivity contribution in [3.8, 4) is 0 Å². The second-order valence-corrected chi connectivity index (χ2v) is 4.42. The van der Waals surface area contributed by atoms with E-state index in [9.17, 15) is 4.79 Å². The molecule has 0 N–H and O–H groups in total. The van der Waals surface area contributed by atoms with Gasteiger partial charge in [0.25, 0.3) is 0 Å². The number of hydrogen-bond donors (Lipinski definition) is 0. The van der Waals surface area contributed by atoms with Gasteiger partial charge in [0.05, 0.1) is 5.69 Å². The number of carbonyl (C=O) groups is 1. The topological polar surface area (TPSA) is 42.9 Å². The molecule has 0 unspecified atom stereocenters. The quantitative estimate of drug-likeness (QED) is 0.704. The van der Waals surface area contributed by atoms with E-state index in [4.69, 9.17) is 0 Å². The van der Waals surface area contributed by atoms with E-state index in [1.807, 2.05) is 13.8 Å². The Morgan fingerprint density at radius 2 is 2.21 bits per heavy atom. The molecule has 0 atom stereocenters. The summed E-state index contributed by atoms with van der Waals surface area (Å²) in [6.45, 7) is 6.15. The van der Waals surface area contributed by atoms with Crippen LogP contribution in [0.3, 0.4) is 0 Å². The number of nitrogens with zero attached hydrogens (tertiary/aromatic N) is 2. The fraction of sp³-hybridized carbons (Fsp3) is 0.700. The number of carbonyl (C=O) groups excluding carboxylic acids is 1. The van der Waals surface area contributed by atoms with E-state index in [1.165, 1.54) is 11.5 Å². The van der Waals surface area contributed by atoms with E-state index in [-0.39, 0.29) is 11.7 Å². The molecule has 14 heavy (non-hydrogen) atoms. The minimum atomic E-state index is 0.200. The van der Waals surface area contributed by atoms with E-state index in [2.05, 4.69) is 16.5 Å². The van der Waals surface area contributed by atoms with Crippen LogP contribution >= 0.6 is 11.5 Å². The maximum absolute atomic E-state index is 11.7. The average Bonchev–Trinajstić information content (AvgIpc) is 2.62. The van der Waals surface area contributed by atoms with Gasteiger partial charge in [-0.25, -0.2) is 0 Å². The van der Waals surface area contributed by atoms with E-state index in [0.29, 0.717) is 6.42 Å². The molecule has 0 aromatic carbocycles.